The van der Waals surface area contributed by atoms with Crippen molar-refractivity contribution in [1.29, 1.82) is 0 Å². The summed E-state index contributed by atoms with van der Waals surface area (Å²) in [7, 11) is 0. The summed E-state index contributed by atoms with van der Waals surface area (Å²) < 4.78 is 0. The fraction of sp³-hybridized carbons (Fsp3) is 0.450. The van der Waals surface area contributed by atoms with E-state index < -0.39 is 17.7 Å². The maximum absolute atomic E-state index is 11.9. The van der Waals surface area contributed by atoms with E-state index in [1.807, 2.05) is 0 Å². The topological polar surface area (TPSA) is 133 Å². The molecule has 4 amide bonds. The third-order valence-corrected chi connectivity index (χ3v) is 4.69. The second kappa shape index (κ2) is 15.0. The van der Waals surface area contributed by atoms with Crippen LogP contribution in [0.15, 0.2) is 30.3 Å². The van der Waals surface area contributed by atoms with Crippen LogP contribution >= 0.6 is 11.8 Å². The normalized spacial score (nSPS) is 10.0. The van der Waals surface area contributed by atoms with E-state index in [1.54, 1.807) is 30.3 Å². The highest BCUT2D eigenvalue weighted by Crippen LogP contribution is 2.11. The molecular weight excluding hydrogens is 408 g/mol. The highest BCUT2D eigenvalue weighted by Gasteiger charge is 2.12. The van der Waals surface area contributed by atoms with E-state index in [0.29, 0.717) is 12.1 Å². The molecular formula is C20H28N4O5S. The molecule has 0 saturated carbocycles. The summed E-state index contributed by atoms with van der Waals surface area (Å²) >= 11 is 0.840. The quantitative estimate of drug-likeness (QED) is 0.327. The molecule has 4 N–H and O–H groups in total. The largest absolute Gasteiger partial charge is 0.355 e. The number of benzene rings is 1. The first kappa shape index (κ1) is 25.2. The Morgan fingerprint density at radius 3 is 1.83 bits per heavy atom. The van der Waals surface area contributed by atoms with Crippen LogP contribution in [-0.4, -0.2) is 60.7 Å². The fourth-order valence-electron chi connectivity index (χ4n) is 2.17. The Morgan fingerprint density at radius 2 is 1.27 bits per heavy atom. The molecule has 0 aliphatic heterocycles. The Kier molecular flexibility index (Phi) is 12.6. The van der Waals surface area contributed by atoms with E-state index >= 15 is 0 Å². The van der Waals surface area contributed by atoms with Crippen LogP contribution in [0.3, 0.4) is 0 Å². The van der Waals surface area contributed by atoms with E-state index in [2.05, 4.69) is 28.2 Å². The summed E-state index contributed by atoms with van der Waals surface area (Å²) in [6.07, 6.45) is 2.96. The molecule has 164 valence electrons. The second-order valence-electron chi connectivity index (χ2n) is 6.33. The molecule has 1 aromatic rings. The molecule has 0 heterocycles. The molecule has 9 nitrogen and oxygen atoms in total. The number of carbonyl (C=O) groups is 5. The smallest absolute Gasteiger partial charge is 0.239 e. The standard InChI is InChI=1S/C20H28N4O5S/c1-2-3-7-10-21-16(25)11-22-17(26)12-23-18(27)13-24-19(28)14-30-20(29)15-8-5-4-6-9-15/h4-6,8-9H,2-3,7,10-14H2,1H3,(H,21,25)(H,22,26)(H,23,27)(H,24,28). The van der Waals surface area contributed by atoms with Gasteiger partial charge in [-0.1, -0.05) is 61.9 Å². The van der Waals surface area contributed by atoms with Crippen molar-refractivity contribution in [2.45, 2.75) is 26.2 Å². The van der Waals surface area contributed by atoms with Gasteiger partial charge in [0, 0.05) is 12.1 Å². The zero-order valence-corrected chi connectivity index (χ0v) is 17.8. The Bertz CT molecular complexity index is 727. The van der Waals surface area contributed by atoms with E-state index in [4.69, 9.17) is 0 Å². The second-order valence-corrected chi connectivity index (χ2v) is 7.28. The predicted octanol–water partition coefficient (Wildman–Crippen LogP) is 0.215. The number of hydrogen-bond donors (Lipinski definition) is 4. The van der Waals surface area contributed by atoms with E-state index in [0.717, 1.165) is 31.0 Å². The van der Waals surface area contributed by atoms with Crippen LogP contribution in [0.2, 0.25) is 0 Å². The van der Waals surface area contributed by atoms with Gasteiger partial charge in [0.2, 0.25) is 28.7 Å². The molecule has 0 fully saturated rings. The summed E-state index contributed by atoms with van der Waals surface area (Å²) in [5.74, 6) is -1.94. The molecule has 0 aromatic heterocycles. The third kappa shape index (κ3) is 11.8. The number of unbranched alkanes of at least 4 members (excludes halogenated alkanes) is 2. The Labute approximate surface area is 180 Å². The molecule has 0 aliphatic rings. The number of thioether (sulfide) groups is 1. The molecule has 0 atom stereocenters. The maximum atomic E-state index is 11.9. The summed E-state index contributed by atoms with van der Waals surface area (Å²) in [5.41, 5.74) is 0.494. The van der Waals surface area contributed by atoms with Gasteiger partial charge in [-0.15, -0.1) is 0 Å². The predicted molar refractivity (Wildman–Crippen MR) is 115 cm³/mol. The van der Waals surface area contributed by atoms with Crippen molar-refractivity contribution in [2.24, 2.45) is 0 Å². The van der Waals surface area contributed by atoms with E-state index in [1.165, 1.54) is 0 Å². The monoisotopic (exact) mass is 436 g/mol. The average Bonchev–Trinajstić information content (AvgIpc) is 2.76. The molecule has 0 spiro atoms. The molecule has 1 aromatic carbocycles. The SMILES string of the molecule is CCCCCNC(=O)CNC(=O)CNC(=O)CNC(=O)CSC(=O)c1ccccc1. The number of nitrogens with one attached hydrogen (secondary N) is 4. The van der Waals surface area contributed by atoms with Gasteiger partial charge >= 0.3 is 0 Å². The molecule has 0 aliphatic carbocycles. The lowest BCUT2D eigenvalue weighted by Crippen LogP contribution is -2.44. The number of rotatable bonds is 13. The van der Waals surface area contributed by atoms with Crippen molar-refractivity contribution in [2.75, 3.05) is 31.9 Å². The summed E-state index contributed by atoms with van der Waals surface area (Å²) in [6.45, 7) is 1.84. The highest BCUT2D eigenvalue weighted by molar-refractivity contribution is 8.14. The molecule has 0 radical (unpaired) electrons. The minimum Gasteiger partial charge on any atom is -0.355 e. The molecule has 0 saturated heterocycles. The first-order chi connectivity index (χ1) is 14.4. The van der Waals surface area contributed by atoms with Crippen LogP contribution in [0.1, 0.15) is 36.5 Å². The van der Waals surface area contributed by atoms with Gasteiger partial charge in [0.1, 0.15) is 0 Å². The van der Waals surface area contributed by atoms with Crippen LogP contribution in [0.25, 0.3) is 0 Å². The van der Waals surface area contributed by atoms with Crippen LogP contribution < -0.4 is 21.3 Å². The van der Waals surface area contributed by atoms with Crippen molar-refractivity contribution >= 4 is 40.5 Å². The van der Waals surface area contributed by atoms with Gasteiger partial charge in [-0.05, 0) is 6.42 Å². The summed E-state index contributed by atoms with van der Waals surface area (Å²) in [6, 6.07) is 8.56. The van der Waals surface area contributed by atoms with Crippen molar-refractivity contribution in [3.05, 3.63) is 35.9 Å². The van der Waals surface area contributed by atoms with Crippen LogP contribution in [0.5, 0.6) is 0 Å². The Hall–Kier alpha value is -2.88. The first-order valence-electron chi connectivity index (χ1n) is 9.71. The van der Waals surface area contributed by atoms with Gasteiger partial charge in [0.05, 0.1) is 25.4 Å². The van der Waals surface area contributed by atoms with E-state index in [9.17, 15) is 24.0 Å². The third-order valence-electron chi connectivity index (χ3n) is 3.78. The fourth-order valence-corrected chi connectivity index (χ4v) is 2.83. The lowest BCUT2D eigenvalue weighted by atomic mass is 10.2. The average molecular weight is 437 g/mol. The van der Waals surface area contributed by atoms with Gasteiger partial charge in [-0.3, -0.25) is 24.0 Å². The first-order valence-corrected chi connectivity index (χ1v) is 10.7. The van der Waals surface area contributed by atoms with Gasteiger partial charge in [0.25, 0.3) is 0 Å². The van der Waals surface area contributed by atoms with Crippen molar-refractivity contribution < 1.29 is 24.0 Å². The van der Waals surface area contributed by atoms with Crippen LogP contribution in [-0.2, 0) is 19.2 Å². The van der Waals surface area contributed by atoms with Gasteiger partial charge in [-0.25, -0.2) is 0 Å². The highest BCUT2D eigenvalue weighted by atomic mass is 32.2. The van der Waals surface area contributed by atoms with Gasteiger partial charge < -0.3 is 21.3 Å². The lowest BCUT2D eigenvalue weighted by molar-refractivity contribution is -0.128. The summed E-state index contributed by atoms with van der Waals surface area (Å²) in [5, 5.41) is 9.57. The van der Waals surface area contributed by atoms with Crippen molar-refractivity contribution in [1.82, 2.24) is 21.3 Å². The number of carbonyl (C=O) groups excluding carboxylic acids is 5. The number of hydrogen-bond acceptors (Lipinski definition) is 6. The lowest BCUT2D eigenvalue weighted by Gasteiger charge is -2.08. The molecule has 10 heteroatoms. The summed E-state index contributed by atoms with van der Waals surface area (Å²) in [4.78, 5) is 58.5. The number of amides is 4. The molecule has 1 rings (SSSR count). The van der Waals surface area contributed by atoms with Crippen molar-refractivity contribution in [3.63, 3.8) is 0 Å². The van der Waals surface area contributed by atoms with Gasteiger partial charge in [-0.2, -0.15) is 0 Å². The van der Waals surface area contributed by atoms with Crippen molar-refractivity contribution in [3.8, 4) is 0 Å². The molecule has 0 unspecified atom stereocenters. The minimum atomic E-state index is -0.554. The zero-order valence-electron chi connectivity index (χ0n) is 17.0. The molecule has 30 heavy (non-hydrogen) atoms. The van der Waals surface area contributed by atoms with Crippen LogP contribution in [0, 0.1) is 0 Å². The Balaban J connectivity index is 2.11. The van der Waals surface area contributed by atoms with E-state index in [-0.39, 0.29) is 36.4 Å². The molecule has 0 bridgehead atoms. The maximum Gasteiger partial charge on any atom is 0.239 e. The van der Waals surface area contributed by atoms with Crippen LogP contribution in [0.4, 0.5) is 0 Å². The Morgan fingerprint density at radius 1 is 0.733 bits per heavy atom. The van der Waals surface area contributed by atoms with Gasteiger partial charge in [0.15, 0.2) is 0 Å². The minimum absolute atomic E-state index is 0.116. The zero-order chi connectivity index (χ0) is 22.2.